The van der Waals surface area contributed by atoms with Crippen molar-refractivity contribution in [2.75, 3.05) is 13.1 Å². The maximum absolute atomic E-state index is 12.0. The molecule has 0 spiro atoms. The number of carbonyl (C=O) groups is 1. The van der Waals surface area contributed by atoms with E-state index >= 15 is 0 Å². The van der Waals surface area contributed by atoms with E-state index in [4.69, 9.17) is 4.74 Å². The summed E-state index contributed by atoms with van der Waals surface area (Å²) in [5.41, 5.74) is 1.03. The van der Waals surface area contributed by atoms with Gasteiger partial charge in [-0.15, -0.1) is 0 Å². The maximum Gasteiger partial charge on any atom is 0.410 e. The predicted octanol–water partition coefficient (Wildman–Crippen LogP) is 3.73. The van der Waals surface area contributed by atoms with Crippen LogP contribution in [-0.4, -0.2) is 29.7 Å². The number of likely N-dealkylation sites (tertiary alicyclic amines) is 1. The summed E-state index contributed by atoms with van der Waals surface area (Å²) < 4.78 is 5.44. The van der Waals surface area contributed by atoms with Crippen molar-refractivity contribution in [3.63, 3.8) is 0 Å². The van der Waals surface area contributed by atoms with Crippen molar-refractivity contribution in [1.82, 2.24) is 4.90 Å². The molecule has 2 atom stereocenters. The largest absolute Gasteiger partial charge is 0.444 e. The summed E-state index contributed by atoms with van der Waals surface area (Å²) in [5, 5.41) is 0. The lowest BCUT2D eigenvalue weighted by atomic mass is 10.1. The topological polar surface area (TPSA) is 29.5 Å². The van der Waals surface area contributed by atoms with Gasteiger partial charge in [0.05, 0.1) is 0 Å². The smallest absolute Gasteiger partial charge is 0.410 e. The normalized spacial score (nSPS) is 27.4. The van der Waals surface area contributed by atoms with Gasteiger partial charge in [-0.2, -0.15) is 0 Å². The first-order valence-corrected chi connectivity index (χ1v) is 7.96. The van der Waals surface area contributed by atoms with Gasteiger partial charge in [-0.1, -0.05) is 30.3 Å². The Morgan fingerprint density at radius 1 is 1.19 bits per heavy atom. The summed E-state index contributed by atoms with van der Waals surface area (Å²) in [6.45, 7) is 7.54. The molecule has 1 aromatic carbocycles. The van der Waals surface area contributed by atoms with E-state index in [0.717, 1.165) is 25.4 Å². The lowest BCUT2D eigenvalue weighted by Crippen LogP contribution is -2.37. The van der Waals surface area contributed by atoms with Crippen molar-refractivity contribution in [2.45, 2.75) is 39.2 Å². The Morgan fingerprint density at radius 3 is 2.38 bits per heavy atom. The van der Waals surface area contributed by atoms with Crippen LogP contribution < -0.4 is 0 Å². The van der Waals surface area contributed by atoms with Crippen LogP contribution in [0.1, 0.15) is 32.8 Å². The van der Waals surface area contributed by atoms with Gasteiger partial charge in [-0.05, 0) is 56.9 Å². The molecule has 0 aromatic heterocycles. The SMILES string of the molecule is CC(C)(C)OC(=O)N1CC2C(CCc3ccccc3)C2C1. The van der Waals surface area contributed by atoms with E-state index in [1.54, 1.807) is 0 Å². The molecule has 3 heteroatoms. The highest BCUT2D eigenvalue weighted by molar-refractivity contribution is 5.69. The Labute approximate surface area is 127 Å². The van der Waals surface area contributed by atoms with Gasteiger partial charge < -0.3 is 9.64 Å². The summed E-state index contributed by atoms with van der Waals surface area (Å²) in [6.07, 6.45) is 2.27. The molecule has 2 unspecified atom stereocenters. The van der Waals surface area contributed by atoms with Crippen LogP contribution >= 0.6 is 0 Å². The monoisotopic (exact) mass is 287 g/mol. The molecule has 3 rings (SSSR count). The molecule has 1 saturated carbocycles. The molecular weight excluding hydrogens is 262 g/mol. The summed E-state index contributed by atoms with van der Waals surface area (Å²) in [6, 6.07) is 10.7. The lowest BCUT2D eigenvalue weighted by molar-refractivity contribution is 0.0265. The first-order chi connectivity index (χ1) is 9.94. The van der Waals surface area contributed by atoms with Crippen LogP contribution in [0.4, 0.5) is 4.79 Å². The second-order valence-corrected chi connectivity index (χ2v) is 7.40. The number of benzene rings is 1. The molecule has 1 aliphatic heterocycles. The third-order valence-corrected chi connectivity index (χ3v) is 4.63. The Morgan fingerprint density at radius 2 is 1.81 bits per heavy atom. The van der Waals surface area contributed by atoms with Crippen LogP contribution in [-0.2, 0) is 11.2 Å². The summed E-state index contributed by atoms with van der Waals surface area (Å²) in [4.78, 5) is 13.9. The summed E-state index contributed by atoms with van der Waals surface area (Å²) >= 11 is 0. The van der Waals surface area contributed by atoms with Gasteiger partial charge in [0.15, 0.2) is 0 Å². The van der Waals surface area contributed by atoms with Crippen molar-refractivity contribution in [1.29, 1.82) is 0 Å². The lowest BCUT2D eigenvalue weighted by Gasteiger charge is -2.25. The molecule has 2 aliphatic rings. The van der Waals surface area contributed by atoms with E-state index < -0.39 is 5.60 Å². The number of fused-ring (bicyclic) bond motifs is 1. The fourth-order valence-electron chi connectivity index (χ4n) is 3.53. The highest BCUT2D eigenvalue weighted by Crippen LogP contribution is 2.54. The van der Waals surface area contributed by atoms with Gasteiger partial charge in [-0.3, -0.25) is 0 Å². The zero-order valence-electron chi connectivity index (χ0n) is 13.2. The molecular formula is C18H25NO2. The van der Waals surface area contributed by atoms with Gasteiger partial charge in [0.1, 0.15) is 5.60 Å². The van der Waals surface area contributed by atoms with Gasteiger partial charge in [0.2, 0.25) is 0 Å². The number of ether oxygens (including phenoxy) is 1. The minimum atomic E-state index is -0.392. The number of carbonyl (C=O) groups excluding carboxylic acids is 1. The third kappa shape index (κ3) is 3.39. The predicted molar refractivity (Wildman–Crippen MR) is 83.0 cm³/mol. The summed E-state index contributed by atoms with van der Waals surface area (Å²) in [5.74, 6) is 2.23. The standard InChI is InChI=1S/C18H25NO2/c1-18(2,3)21-17(20)19-11-15-14(16(15)12-19)10-9-13-7-5-4-6-8-13/h4-8,14-16H,9-12H2,1-3H3. The number of hydrogen-bond acceptors (Lipinski definition) is 2. The van der Waals surface area contributed by atoms with Gasteiger partial charge in [0, 0.05) is 13.1 Å². The van der Waals surface area contributed by atoms with Crippen molar-refractivity contribution in [3.05, 3.63) is 35.9 Å². The summed E-state index contributed by atoms with van der Waals surface area (Å²) in [7, 11) is 0. The number of hydrogen-bond donors (Lipinski definition) is 0. The second-order valence-electron chi connectivity index (χ2n) is 7.40. The van der Waals surface area contributed by atoms with Gasteiger partial charge >= 0.3 is 6.09 Å². The van der Waals surface area contributed by atoms with Crippen molar-refractivity contribution >= 4 is 6.09 Å². The second kappa shape index (κ2) is 5.36. The molecule has 0 radical (unpaired) electrons. The minimum Gasteiger partial charge on any atom is -0.444 e. The van der Waals surface area contributed by atoms with Crippen molar-refractivity contribution in [3.8, 4) is 0 Å². The van der Waals surface area contributed by atoms with Crippen LogP contribution in [0.2, 0.25) is 0 Å². The number of piperidine rings is 1. The number of amides is 1. The molecule has 114 valence electrons. The van der Waals surface area contributed by atoms with Gasteiger partial charge in [0.25, 0.3) is 0 Å². The Balaban J connectivity index is 1.43. The molecule has 0 bridgehead atoms. The zero-order chi connectivity index (χ0) is 15.0. The van der Waals surface area contributed by atoms with E-state index in [0.29, 0.717) is 11.8 Å². The van der Waals surface area contributed by atoms with Crippen molar-refractivity contribution in [2.24, 2.45) is 17.8 Å². The number of rotatable bonds is 3. The first kappa shape index (κ1) is 14.4. The van der Waals surface area contributed by atoms with E-state index in [1.165, 1.54) is 12.0 Å². The van der Waals surface area contributed by atoms with E-state index in [-0.39, 0.29) is 6.09 Å². The van der Waals surface area contributed by atoms with E-state index in [1.807, 2.05) is 25.7 Å². The molecule has 3 nitrogen and oxygen atoms in total. The molecule has 1 heterocycles. The highest BCUT2D eigenvalue weighted by atomic mass is 16.6. The highest BCUT2D eigenvalue weighted by Gasteiger charge is 2.56. The Hall–Kier alpha value is -1.51. The van der Waals surface area contributed by atoms with Crippen LogP contribution in [0.3, 0.4) is 0 Å². The van der Waals surface area contributed by atoms with Crippen LogP contribution in [0.5, 0.6) is 0 Å². The Bertz CT molecular complexity index is 494. The van der Waals surface area contributed by atoms with E-state index in [9.17, 15) is 4.79 Å². The molecule has 1 saturated heterocycles. The molecule has 1 amide bonds. The molecule has 1 aliphatic carbocycles. The molecule has 0 N–H and O–H groups in total. The number of nitrogens with zero attached hydrogens (tertiary/aromatic N) is 1. The van der Waals surface area contributed by atoms with Gasteiger partial charge in [-0.25, -0.2) is 4.79 Å². The quantitative estimate of drug-likeness (QED) is 0.847. The fourth-order valence-corrected chi connectivity index (χ4v) is 3.53. The molecule has 1 aromatic rings. The maximum atomic E-state index is 12.0. The van der Waals surface area contributed by atoms with Crippen LogP contribution in [0.15, 0.2) is 30.3 Å². The fraction of sp³-hybridized carbons (Fsp3) is 0.611. The molecule has 2 fully saturated rings. The van der Waals surface area contributed by atoms with Crippen LogP contribution in [0.25, 0.3) is 0 Å². The minimum absolute atomic E-state index is 0.142. The van der Waals surface area contributed by atoms with Crippen molar-refractivity contribution < 1.29 is 9.53 Å². The average molecular weight is 287 g/mol. The zero-order valence-corrected chi connectivity index (χ0v) is 13.2. The first-order valence-electron chi connectivity index (χ1n) is 7.96. The third-order valence-electron chi connectivity index (χ3n) is 4.63. The van der Waals surface area contributed by atoms with Crippen LogP contribution in [0, 0.1) is 17.8 Å². The van der Waals surface area contributed by atoms with E-state index in [2.05, 4.69) is 30.3 Å². The number of aryl methyl sites for hydroxylation is 1. The average Bonchev–Trinajstić information content (AvgIpc) is 2.87. The Kier molecular flexibility index (Phi) is 3.68. The molecule has 21 heavy (non-hydrogen) atoms.